The number of rotatable bonds is 2. The summed E-state index contributed by atoms with van der Waals surface area (Å²) in [5.41, 5.74) is 0. The number of hydrogen-bond donors (Lipinski definition) is 0. The minimum Gasteiger partial charge on any atom is -0.437 e. The summed E-state index contributed by atoms with van der Waals surface area (Å²) < 4.78 is 6.38. The van der Waals surface area contributed by atoms with Crippen molar-refractivity contribution in [3.63, 3.8) is 0 Å². The summed E-state index contributed by atoms with van der Waals surface area (Å²) in [6.45, 7) is 0. The van der Waals surface area contributed by atoms with Gasteiger partial charge in [0.15, 0.2) is 0 Å². The highest BCUT2D eigenvalue weighted by Gasteiger charge is 2.06. The Labute approximate surface area is 111 Å². The van der Waals surface area contributed by atoms with E-state index in [-0.39, 0.29) is 0 Å². The summed E-state index contributed by atoms with van der Waals surface area (Å²) in [5, 5.41) is 0.838. The van der Waals surface area contributed by atoms with Crippen molar-refractivity contribution in [2.45, 2.75) is 0 Å². The van der Waals surface area contributed by atoms with Crippen LogP contribution < -0.4 is 4.74 Å². The summed E-state index contributed by atoms with van der Waals surface area (Å²) >= 11 is 15.1. The molecule has 1 aromatic heterocycles. The van der Waals surface area contributed by atoms with Gasteiger partial charge in [-0.15, -0.1) is 0 Å². The van der Waals surface area contributed by atoms with Crippen LogP contribution in [0.3, 0.4) is 0 Å². The van der Waals surface area contributed by atoms with Gasteiger partial charge in [0.2, 0.25) is 5.88 Å². The van der Waals surface area contributed by atoms with E-state index in [0.29, 0.717) is 21.7 Å². The molecular formula is C11H6BrCl2NO. The summed E-state index contributed by atoms with van der Waals surface area (Å²) in [5.74, 6) is 0.955. The number of pyridine rings is 1. The van der Waals surface area contributed by atoms with E-state index >= 15 is 0 Å². The van der Waals surface area contributed by atoms with Crippen LogP contribution in [0.5, 0.6) is 11.6 Å². The molecule has 82 valence electrons. The molecule has 0 atom stereocenters. The fourth-order valence-corrected chi connectivity index (χ4v) is 1.66. The van der Waals surface area contributed by atoms with Gasteiger partial charge < -0.3 is 4.74 Å². The molecule has 0 saturated heterocycles. The van der Waals surface area contributed by atoms with E-state index in [2.05, 4.69) is 20.9 Å². The van der Waals surface area contributed by atoms with Gasteiger partial charge in [0.05, 0.1) is 5.02 Å². The first-order valence-corrected chi connectivity index (χ1v) is 5.95. The summed E-state index contributed by atoms with van der Waals surface area (Å²) in [7, 11) is 0. The van der Waals surface area contributed by atoms with Gasteiger partial charge in [0, 0.05) is 16.7 Å². The predicted octanol–water partition coefficient (Wildman–Crippen LogP) is 4.94. The minimum atomic E-state index is 0.383. The van der Waals surface area contributed by atoms with Crippen molar-refractivity contribution in [2.24, 2.45) is 0 Å². The lowest BCUT2D eigenvalue weighted by atomic mass is 10.3. The van der Waals surface area contributed by atoms with Crippen LogP contribution in [0.4, 0.5) is 0 Å². The highest BCUT2D eigenvalue weighted by Crippen LogP contribution is 2.34. The van der Waals surface area contributed by atoms with E-state index in [1.807, 2.05) is 6.07 Å². The minimum absolute atomic E-state index is 0.383. The Balaban J connectivity index is 2.27. The Morgan fingerprint density at radius 1 is 1.12 bits per heavy atom. The quantitative estimate of drug-likeness (QED) is 0.782. The second-order valence-electron chi connectivity index (χ2n) is 2.97. The average Bonchev–Trinajstić information content (AvgIpc) is 2.28. The van der Waals surface area contributed by atoms with Crippen molar-refractivity contribution in [1.82, 2.24) is 4.98 Å². The van der Waals surface area contributed by atoms with Crippen molar-refractivity contribution in [1.29, 1.82) is 0 Å². The monoisotopic (exact) mass is 317 g/mol. The zero-order valence-corrected chi connectivity index (χ0v) is 11.1. The van der Waals surface area contributed by atoms with E-state index < -0.39 is 0 Å². The normalized spacial score (nSPS) is 10.2. The Kier molecular flexibility index (Phi) is 3.69. The molecule has 0 amide bonds. The fourth-order valence-electron chi connectivity index (χ4n) is 1.10. The second-order valence-corrected chi connectivity index (χ2v) is 4.67. The number of halogens is 3. The summed E-state index contributed by atoms with van der Waals surface area (Å²) in [6.07, 6.45) is 1.65. The molecule has 0 aliphatic heterocycles. The maximum Gasteiger partial charge on any atom is 0.219 e. The third-order valence-electron chi connectivity index (χ3n) is 1.83. The van der Waals surface area contributed by atoms with Gasteiger partial charge >= 0.3 is 0 Å². The van der Waals surface area contributed by atoms with Crippen LogP contribution in [0, 0.1) is 0 Å². The van der Waals surface area contributed by atoms with Crippen molar-refractivity contribution < 1.29 is 4.74 Å². The molecule has 0 unspecified atom stereocenters. The molecule has 5 heteroatoms. The summed E-state index contributed by atoms with van der Waals surface area (Å²) in [4.78, 5) is 4.07. The molecule has 2 rings (SSSR count). The van der Waals surface area contributed by atoms with Crippen molar-refractivity contribution in [3.8, 4) is 11.6 Å². The molecular weight excluding hydrogens is 313 g/mol. The molecule has 16 heavy (non-hydrogen) atoms. The maximum absolute atomic E-state index is 5.98. The first-order valence-electron chi connectivity index (χ1n) is 4.40. The predicted molar refractivity (Wildman–Crippen MR) is 68.5 cm³/mol. The lowest BCUT2D eigenvalue weighted by Gasteiger charge is -2.07. The van der Waals surface area contributed by atoms with Crippen LogP contribution in [-0.4, -0.2) is 4.98 Å². The van der Waals surface area contributed by atoms with E-state index in [1.54, 1.807) is 30.5 Å². The van der Waals surface area contributed by atoms with E-state index in [9.17, 15) is 0 Å². The smallest absolute Gasteiger partial charge is 0.219 e. The number of benzene rings is 1. The third-order valence-corrected chi connectivity index (χ3v) is 3.10. The number of ether oxygens (including phenoxy) is 1. The van der Waals surface area contributed by atoms with E-state index in [1.165, 1.54) is 0 Å². The Morgan fingerprint density at radius 2 is 1.94 bits per heavy atom. The van der Waals surface area contributed by atoms with Gasteiger partial charge in [-0.2, -0.15) is 0 Å². The molecule has 0 aliphatic carbocycles. The SMILES string of the molecule is Clc1cccc(Oc2ccc(Br)cn2)c1Cl. The van der Waals surface area contributed by atoms with Gasteiger partial charge in [-0.1, -0.05) is 29.3 Å². The van der Waals surface area contributed by atoms with E-state index in [0.717, 1.165) is 4.47 Å². The third kappa shape index (κ3) is 2.67. The van der Waals surface area contributed by atoms with Crippen molar-refractivity contribution >= 4 is 39.1 Å². The second kappa shape index (κ2) is 5.04. The standard InChI is InChI=1S/C11H6BrCl2NO/c12-7-4-5-10(15-6-7)16-9-3-1-2-8(13)11(9)14/h1-6H. The fraction of sp³-hybridized carbons (Fsp3) is 0. The van der Waals surface area contributed by atoms with Crippen LogP contribution in [0.2, 0.25) is 10.0 Å². The van der Waals surface area contributed by atoms with Gasteiger partial charge in [0.1, 0.15) is 10.8 Å². The van der Waals surface area contributed by atoms with Crippen LogP contribution >= 0.6 is 39.1 Å². The lowest BCUT2D eigenvalue weighted by molar-refractivity contribution is 0.463. The van der Waals surface area contributed by atoms with Gasteiger partial charge in [0.25, 0.3) is 0 Å². The molecule has 0 N–H and O–H groups in total. The molecule has 0 fully saturated rings. The molecule has 0 aliphatic rings. The molecule has 2 aromatic rings. The van der Waals surface area contributed by atoms with Crippen molar-refractivity contribution in [3.05, 3.63) is 51.0 Å². The van der Waals surface area contributed by atoms with E-state index in [4.69, 9.17) is 27.9 Å². The number of hydrogen-bond acceptors (Lipinski definition) is 2. The Bertz CT molecular complexity index is 502. The molecule has 0 radical (unpaired) electrons. The average molecular weight is 319 g/mol. The topological polar surface area (TPSA) is 22.1 Å². The molecule has 0 spiro atoms. The summed E-state index contributed by atoms with van der Waals surface area (Å²) in [6, 6.07) is 8.77. The lowest BCUT2D eigenvalue weighted by Crippen LogP contribution is -1.88. The maximum atomic E-state index is 5.98. The Morgan fingerprint density at radius 3 is 2.62 bits per heavy atom. The molecule has 2 nitrogen and oxygen atoms in total. The van der Waals surface area contributed by atoms with Gasteiger partial charge in [-0.25, -0.2) is 4.98 Å². The Hall–Kier alpha value is -0.770. The van der Waals surface area contributed by atoms with Gasteiger partial charge in [-0.05, 0) is 34.1 Å². The number of aromatic nitrogens is 1. The van der Waals surface area contributed by atoms with Crippen LogP contribution in [0.1, 0.15) is 0 Å². The largest absolute Gasteiger partial charge is 0.437 e. The van der Waals surface area contributed by atoms with Crippen molar-refractivity contribution in [2.75, 3.05) is 0 Å². The first kappa shape index (κ1) is 11.7. The van der Waals surface area contributed by atoms with Crippen LogP contribution in [0.25, 0.3) is 0 Å². The first-order chi connectivity index (χ1) is 7.66. The van der Waals surface area contributed by atoms with Crippen LogP contribution in [0.15, 0.2) is 41.0 Å². The molecule has 0 bridgehead atoms. The zero-order chi connectivity index (χ0) is 11.5. The van der Waals surface area contributed by atoms with Crippen LogP contribution in [-0.2, 0) is 0 Å². The molecule has 0 saturated carbocycles. The highest BCUT2D eigenvalue weighted by molar-refractivity contribution is 9.10. The zero-order valence-electron chi connectivity index (χ0n) is 7.95. The molecule has 1 heterocycles. The number of nitrogens with zero attached hydrogens (tertiary/aromatic N) is 1. The molecule has 1 aromatic carbocycles. The van der Waals surface area contributed by atoms with Gasteiger partial charge in [-0.3, -0.25) is 0 Å². The highest BCUT2D eigenvalue weighted by atomic mass is 79.9.